The highest BCUT2D eigenvalue weighted by Gasteiger charge is 2.22. The number of carboxylic acids is 1. The number of nitrogens with zero attached hydrogens (tertiary/aromatic N) is 2. The number of urea groups is 1. The number of anilines is 1. The van der Waals surface area contributed by atoms with Crippen LogP contribution in [-0.2, 0) is 17.8 Å². The number of carbonyl (C=O) groups excluding carboxylic acids is 1. The number of ether oxygens (including phenoxy) is 1. The standard InChI is InChI=1S/C25H33N3O4/c1-19(2)10-15-32-23-9-8-20(17-24(29)30)16-21(23)18-27-11-13-28(14-12-27)25(31)26-22-6-4-3-5-7-22/h3-9,16,19H,10-15,17-18H2,1-2H3,(H,26,31)(H,29,30). The number of hydrogen-bond donors (Lipinski definition) is 2. The molecule has 0 saturated carbocycles. The van der Waals surface area contributed by atoms with Crippen LogP contribution in [0.1, 0.15) is 31.4 Å². The highest BCUT2D eigenvalue weighted by atomic mass is 16.5. The Morgan fingerprint density at radius 2 is 1.78 bits per heavy atom. The number of benzene rings is 2. The van der Waals surface area contributed by atoms with Crippen molar-refractivity contribution in [2.24, 2.45) is 5.92 Å². The molecule has 0 aliphatic carbocycles. The second kappa shape index (κ2) is 11.5. The number of para-hydroxylation sites is 1. The van der Waals surface area contributed by atoms with E-state index in [4.69, 9.17) is 9.84 Å². The molecule has 0 unspecified atom stereocenters. The number of amides is 2. The van der Waals surface area contributed by atoms with Crippen molar-refractivity contribution in [3.05, 3.63) is 59.7 Å². The van der Waals surface area contributed by atoms with E-state index in [1.165, 1.54) is 0 Å². The Bertz CT molecular complexity index is 893. The number of aliphatic carboxylic acids is 1. The number of piperazine rings is 1. The summed E-state index contributed by atoms with van der Waals surface area (Å²) in [6.45, 7) is 8.39. The monoisotopic (exact) mass is 439 g/mol. The van der Waals surface area contributed by atoms with Crippen molar-refractivity contribution in [3.8, 4) is 5.75 Å². The fourth-order valence-electron chi connectivity index (χ4n) is 3.66. The van der Waals surface area contributed by atoms with Crippen LogP contribution in [0.2, 0.25) is 0 Å². The van der Waals surface area contributed by atoms with Crippen LogP contribution in [0.4, 0.5) is 10.5 Å². The van der Waals surface area contributed by atoms with Gasteiger partial charge in [0.25, 0.3) is 0 Å². The van der Waals surface area contributed by atoms with Crippen LogP contribution in [0, 0.1) is 5.92 Å². The Hall–Kier alpha value is -3.06. The maximum absolute atomic E-state index is 12.5. The molecule has 0 aromatic heterocycles. The van der Waals surface area contributed by atoms with Crippen LogP contribution in [0.3, 0.4) is 0 Å². The Morgan fingerprint density at radius 1 is 1.06 bits per heavy atom. The van der Waals surface area contributed by atoms with Crippen molar-refractivity contribution in [1.29, 1.82) is 0 Å². The van der Waals surface area contributed by atoms with Crippen LogP contribution >= 0.6 is 0 Å². The summed E-state index contributed by atoms with van der Waals surface area (Å²) in [4.78, 5) is 27.8. The summed E-state index contributed by atoms with van der Waals surface area (Å²) in [5.41, 5.74) is 2.55. The third-order valence-corrected chi connectivity index (χ3v) is 5.51. The highest BCUT2D eigenvalue weighted by Crippen LogP contribution is 2.24. The molecule has 0 radical (unpaired) electrons. The van der Waals surface area contributed by atoms with Gasteiger partial charge in [0.15, 0.2) is 0 Å². The zero-order valence-electron chi connectivity index (χ0n) is 18.9. The largest absolute Gasteiger partial charge is 0.493 e. The van der Waals surface area contributed by atoms with Crippen LogP contribution in [0.15, 0.2) is 48.5 Å². The average Bonchev–Trinajstić information content (AvgIpc) is 2.76. The molecule has 0 bridgehead atoms. The normalized spacial score (nSPS) is 14.4. The molecule has 1 fully saturated rings. The summed E-state index contributed by atoms with van der Waals surface area (Å²) in [6.07, 6.45) is 0.957. The lowest BCUT2D eigenvalue weighted by molar-refractivity contribution is -0.136. The van der Waals surface area contributed by atoms with Gasteiger partial charge in [-0.15, -0.1) is 0 Å². The Morgan fingerprint density at radius 3 is 2.44 bits per heavy atom. The fraction of sp³-hybridized carbons (Fsp3) is 0.440. The lowest BCUT2D eigenvalue weighted by atomic mass is 10.1. The van der Waals surface area contributed by atoms with Gasteiger partial charge in [0.2, 0.25) is 0 Å². The topological polar surface area (TPSA) is 82.1 Å². The summed E-state index contributed by atoms with van der Waals surface area (Å²) >= 11 is 0. The van der Waals surface area contributed by atoms with Crippen molar-refractivity contribution >= 4 is 17.7 Å². The summed E-state index contributed by atoms with van der Waals surface area (Å²) in [6, 6.07) is 15.0. The molecule has 2 N–H and O–H groups in total. The minimum absolute atomic E-state index is 0.00723. The second-order valence-corrected chi connectivity index (χ2v) is 8.60. The van der Waals surface area contributed by atoms with Crippen LogP contribution < -0.4 is 10.1 Å². The first-order valence-corrected chi connectivity index (χ1v) is 11.2. The van der Waals surface area contributed by atoms with Gasteiger partial charge in [-0.1, -0.05) is 44.2 Å². The molecule has 7 nitrogen and oxygen atoms in total. The minimum Gasteiger partial charge on any atom is -0.493 e. The van der Waals surface area contributed by atoms with Crippen molar-refractivity contribution in [1.82, 2.24) is 9.80 Å². The van der Waals surface area contributed by atoms with E-state index in [9.17, 15) is 9.59 Å². The third kappa shape index (κ3) is 7.27. The van der Waals surface area contributed by atoms with Gasteiger partial charge in [-0.3, -0.25) is 9.69 Å². The maximum Gasteiger partial charge on any atom is 0.321 e. The maximum atomic E-state index is 12.5. The number of carboxylic acid groups (broad SMARTS) is 1. The molecule has 172 valence electrons. The molecule has 2 amide bonds. The smallest absolute Gasteiger partial charge is 0.321 e. The summed E-state index contributed by atoms with van der Waals surface area (Å²) in [5, 5.41) is 12.1. The van der Waals surface area contributed by atoms with Crippen molar-refractivity contribution < 1.29 is 19.4 Å². The van der Waals surface area contributed by atoms with Gasteiger partial charge in [0.1, 0.15) is 5.75 Å². The molecule has 2 aromatic carbocycles. The summed E-state index contributed by atoms with van der Waals surface area (Å²) < 4.78 is 6.03. The third-order valence-electron chi connectivity index (χ3n) is 5.51. The number of carbonyl (C=O) groups is 2. The number of rotatable bonds is 9. The van der Waals surface area contributed by atoms with Crippen molar-refractivity contribution in [2.45, 2.75) is 33.2 Å². The van der Waals surface area contributed by atoms with Crippen molar-refractivity contribution in [2.75, 3.05) is 38.1 Å². The van der Waals surface area contributed by atoms with E-state index < -0.39 is 5.97 Å². The average molecular weight is 440 g/mol. The predicted octanol–water partition coefficient (Wildman–Crippen LogP) is 4.09. The number of hydrogen-bond acceptors (Lipinski definition) is 4. The van der Waals surface area contributed by atoms with Gasteiger partial charge >= 0.3 is 12.0 Å². The first-order valence-electron chi connectivity index (χ1n) is 11.2. The van der Waals surface area contributed by atoms with E-state index in [0.29, 0.717) is 32.2 Å². The van der Waals surface area contributed by atoms with Crippen LogP contribution in [0.5, 0.6) is 5.75 Å². The molecule has 7 heteroatoms. The lowest BCUT2D eigenvalue weighted by Gasteiger charge is -2.35. The SMILES string of the molecule is CC(C)CCOc1ccc(CC(=O)O)cc1CN1CCN(C(=O)Nc2ccccc2)CC1. The van der Waals surface area contributed by atoms with Crippen molar-refractivity contribution in [3.63, 3.8) is 0 Å². The van der Waals surface area contributed by atoms with E-state index in [-0.39, 0.29) is 12.5 Å². The molecule has 1 aliphatic heterocycles. The molecular weight excluding hydrogens is 406 g/mol. The molecular formula is C25H33N3O4. The lowest BCUT2D eigenvalue weighted by Crippen LogP contribution is -2.49. The highest BCUT2D eigenvalue weighted by molar-refractivity contribution is 5.89. The van der Waals surface area contributed by atoms with Crippen LogP contribution in [0.25, 0.3) is 0 Å². The molecule has 0 atom stereocenters. The first-order chi connectivity index (χ1) is 15.4. The summed E-state index contributed by atoms with van der Waals surface area (Å²) in [7, 11) is 0. The Labute approximate surface area is 190 Å². The molecule has 3 rings (SSSR count). The Kier molecular flexibility index (Phi) is 8.50. The van der Waals surface area contributed by atoms with Gasteiger partial charge in [-0.05, 0) is 36.1 Å². The zero-order valence-corrected chi connectivity index (χ0v) is 18.9. The summed E-state index contributed by atoms with van der Waals surface area (Å²) in [5.74, 6) is 0.520. The predicted molar refractivity (Wildman–Crippen MR) is 125 cm³/mol. The van der Waals surface area contributed by atoms with Crippen LogP contribution in [-0.4, -0.2) is 59.7 Å². The molecule has 0 spiro atoms. The molecule has 1 saturated heterocycles. The number of nitrogens with one attached hydrogen (secondary N) is 1. The molecule has 1 aliphatic rings. The van der Waals surface area contributed by atoms with E-state index in [2.05, 4.69) is 24.1 Å². The van der Waals surface area contributed by atoms with Gasteiger partial charge in [-0.2, -0.15) is 0 Å². The van der Waals surface area contributed by atoms with E-state index >= 15 is 0 Å². The molecule has 2 aromatic rings. The van der Waals surface area contributed by atoms with Gasteiger partial charge in [-0.25, -0.2) is 4.79 Å². The van der Waals surface area contributed by atoms with Gasteiger partial charge in [0, 0.05) is 44.0 Å². The van der Waals surface area contributed by atoms with Gasteiger partial charge in [0.05, 0.1) is 13.0 Å². The zero-order chi connectivity index (χ0) is 22.9. The van der Waals surface area contributed by atoms with E-state index in [1.54, 1.807) is 0 Å². The Balaban J connectivity index is 1.59. The minimum atomic E-state index is -0.845. The van der Waals surface area contributed by atoms with Gasteiger partial charge < -0.3 is 20.1 Å². The molecule has 32 heavy (non-hydrogen) atoms. The second-order valence-electron chi connectivity index (χ2n) is 8.60. The molecule has 1 heterocycles. The van der Waals surface area contributed by atoms with E-state index in [1.807, 2.05) is 53.4 Å². The first kappa shape index (κ1) is 23.6. The van der Waals surface area contributed by atoms with E-state index in [0.717, 1.165) is 42.1 Å². The fourth-order valence-corrected chi connectivity index (χ4v) is 3.66. The quantitative estimate of drug-likeness (QED) is 0.615.